The van der Waals surface area contributed by atoms with Crippen molar-refractivity contribution < 1.29 is 5.11 Å². The summed E-state index contributed by atoms with van der Waals surface area (Å²) in [7, 11) is 0. The Kier molecular flexibility index (Phi) is 5.36. The van der Waals surface area contributed by atoms with Crippen molar-refractivity contribution >= 4 is 0 Å². The highest BCUT2D eigenvalue weighted by Gasteiger charge is 2.22. The van der Waals surface area contributed by atoms with Gasteiger partial charge in [0.15, 0.2) is 0 Å². The summed E-state index contributed by atoms with van der Waals surface area (Å²) in [5.41, 5.74) is 4.13. The van der Waals surface area contributed by atoms with E-state index in [0.717, 1.165) is 54.5 Å². The van der Waals surface area contributed by atoms with Crippen molar-refractivity contribution in [1.82, 2.24) is 24.4 Å². The first-order valence-electron chi connectivity index (χ1n) is 9.73. The number of benzene rings is 1. The minimum absolute atomic E-state index is 0.242. The summed E-state index contributed by atoms with van der Waals surface area (Å²) in [4.78, 5) is 14.9. The molecule has 6 heteroatoms. The number of likely N-dealkylation sites (tertiary alicyclic amines) is 1. The molecule has 1 aromatic carbocycles. The van der Waals surface area contributed by atoms with Gasteiger partial charge < -0.3 is 14.7 Å². The number of H-pyrrole nitrogens is 1. The minimum atomic E-state index is 0.242. The maximum Gasteiger partial charge on any atom is 0.103 e. The lowest BCUT2D eigenvalue weighted by Gasteiger charge is -2.34. The molecule has 0 saturated carbocycles. The molecule has 1 fully saturated rings. The Morgan fingerprint density at radius 1 is 1.15 bits per heavy atom. The first-order chi connectivity index (χ1) is 13.3. The van der Waals surface area contributed by atoms with Crippen molar-refractivity contribution in [3.63, 3.8) is 0 Å². The number of aliphatic hydroxyl groups excluding tert-OH is 1. The first kappa shape index (κ1) is 17.9. The molecule has 3 heterocycles. The molecule has 0 bridgehead atoms. The molecule has 27 heavy (non-hydrogen) atoms. The first-order valence-corrected chi connectivity index (χ1v) is 9.73. The number of piperidine rings is 1. The van der Waals surface area contributed by atoms with Crippen molar-refractivity contribution in [3.8, 4) is 22.6 Å². The molecule has 0 unspecified atom stereocenters. The van der Waals surface area contributed by atoms with E-state index in [4.69, 9.17) is 4.98 Å². The van der Waals surface area contributed by atoms with Crippen LogP contribution in [0, 0.1) is 6.92 Å². The molecule has 3 aromatic rings. The van der Waals surface area contributed by atoms with Crippen LogP contribution in [0.15, 0.2) is 42.9 Å². The number of nitrogens with one attached hydrogen (secondary N) is 1. The Morgan fingerprint density at radius 3 is 2.74 bits per heavy atom. The third-order valence-electron chi connectivity index (χ3n) is 5.43. The molecule has 142 valence electrons. The largest absolute Gasteiger partial charge is 0.395 e. The van der Waals surface area contributed by atoms with Gasteiger partial charge in [-0.3, -0.25) is 4.90 Å². The fourth-order valence-electron chi connectivity index (χ4n) is 3.98. The van der Waals surface area contributed by atoms with Crippen molar-refractivity contribution in [3.05, 3.63) is 48.7 Å². The number of aromatic nitrogens is 4. The van der Waals surface area contributed by atoms with Gasteiger partial charge in [-0.1, -0.05) is 36.8 Å². The highest BCUT2D eigenvalue weighted by atomic mass is 16.3. The van der Waals surface area contributed by atoms with Crippen LogP contribution >= 0.6 is 0 Å². The summed E-state index contributed by atoms with van der Waals surface area (Å²) in [5.74, 6) is 0.896. The van der Waals surface area contributed by atoms with Crippen LogP contribution in [0.4, 0.5) is 0 Å². The topological polar surface area (TPSA) is 70.0 Å². The fraction of sp³-hybridized carbons (Fsp3) is 0.429. The fourth-order valence-corrected chi connectivity index (χ4v) is 3.98. The van der Waals surface area contributed by atoms with E-state index in [2.05, 4.69) is 31.6 Å². The van der Waals surface area contributed by atoms with Gasteiger partial charge in [0, 0.05) is 24.7 Å². The number of rotatable bonds is 6. The summed E-state index contributed by atoms with van der Waals surface area (Å²) in [6.07, 6.45) is 7.31. The maximum absolute atomic E-state index is 9.67. The number of hydrogen-bond acceptors (Lipinski definition) is 4. The van der Waals surface area contributed by atoms with Gasteiger partial charge in [-0.05, 0) is 26.3 Å². The lowest BCUT2D eigenvalue weighted by atomic mass is 10.0. The lowest BCUT2D eigenvalue weighted by Crippen LogP contribution is -2.43. The Bertz CT molecular complexity index is 870. The van der Waals surface area contributed by atoms with E-state index < -0.39 is 0 Å². The molecule has 0 radical (unpaired) electrons. The predicted octanol–water partition coefficient (Wildman–Crippen LogP) is 3.10. The van der Waals surface area contributed by atoms with Gasteiger partial charge in [0.2, 0.25) is 0 Å². The zero-order valence-corrected chi connectivity index (χ0v) is 15.8. The summed E-state index contributed by atoms with van der Waals surface area (Å²) in [5, 5.41) is 9.67. The quantitative estimate of drug-likeness (QED) is 0.704. The van der Waals surface area contributed by atoms with Crippen LogP contribution in [0.2, 0.25) is 0 Å². The molecule has 2 aromatic heterocycles. The number of aryl methyl sites for hydroxylation is 1. The van der Waals surface area contributed by atoms with E-state index in [9.17, 15) is 5.11 Å². The highest BCUT2D eigenvalue weighted by molar-refractivity contribution is 5.76. The van der Waals surface area contributed by atoms with Crippen LogP contribution < -0.4 is 0 Å². The average Bonchev–Trinajstić information content (AvgIpc) is 3.33. The molecule has 1 aliphatic heterocycles. The van der Waals surface area contributed by atoms with Gasteiger partial charge in [0.1, 0.15) is 5.82 Å². The molecule has 0 amide bonds. The average molecular weight is 365 g/mol. The van der Waals surface area contributed by atoms with Gasteiger partial charge in [0.25, 0.3) is 0 Å². The van der Waals surface area contributed by atoms with Crippen LogP contribution in [0.5, 0.6) is 0 Å². The van der Waals surface area contributed by atoms with Crippen LogP contribution in [-0.4, -0.2) is 55.3 Å². The molecule has 1 atom stereocenters. The minimum Gasteiger partial charge on any atom is -0.395 e. The third kappa shape index (κ3) is 3.82. The molecule has 6 nitrogen and oxygen atoms in total. The van der Waals surface area contributed by atoms with Gasteiger partial charge in [-0.15, -0.1) is 0 Å². The second-order valence-electron chi connectivity index (χ2n) is 7.25. The molecule has 1 aliphatic rings. The number of hydrogen-bond donors (Lipinski definition) is 2. The van der Waals surface area contributed by atoms with E-state index in [-0.39, 0.29) is 12.6 Å². The Labute approximate surface area is 159 Å². The smallest absolute Gasteiger partial charge is 0.103 e. The monoisotopic (exact) mass is 365 g/mol. The zero-order chi connectivity index (χ0) is 18.6. The van der Waals surface area contributed by atoms with Crippen molar-refractivity contribution in [2.75, 3.05) is 19.7 Å². The number of aromatic amines is 1. The normalized spacial score (nSPS) is 18.1. The molecule has 0 aliphatic carbocycles. The molecule has 2 N–H and O–H groups in total. The van der Waals surface area contributed by atoms with Gasteiger partial charge in [0.05, 0.1) is 36.2 Å². The van der Waals surface area contributed by atoms with Crippen LogP contribution in [0.1, 0.15) is 25.1 Å². The van der Waals surface area contributed by atoms with Gasteiger partial charge in [-0.2, -0.15) is 0 Å². The molecule has 4 rings (SSSR count). The summed E-state index contributed by atoms with van der Waals surface area (Å²) in [6.45, 7) is 5.02. The molecular formula is C21H27N5O. The molecule has 0 spiro atoms. The van der Waals surface area contributed by atoms with E-state index in [0.29, 0.717) is 0 Å². The SMILES string of the molecule is Cc1ncc(-c2c(-c3ccccc3)ncn2CCN2CCCC[C@H]2CO)[nH]1. The van der Waals surface area contributed by atoms with Crippen LogP contribution in [-0.2, 0) is 6.54 Å². The predicted molar refractivity (Wildman–Crippen MR) is 106 cm³/mol. The summed E-state index contributed by atoms with van der Waals surface area (Å²) < 4.78 is 2.21. The maximum atomic E-state index is 9.67. The van der Waals surface area contributed by atoms with Gasteiger partial charge >= 0.3 is 0 Å². The third-order valence-corrected chi connectivity index (χ3v) is 5.43. The van der Waals surface area contributed by atoms with Gasteiger partial charge in [-0.25, -0.2) is 9.97 Å². The van der Waals surface area contributed by atoms with Crippen molar-refractivity contribution in [2.24, 2.45) is 0 Å². The standard InChI is InChI=1S/C21H27N5O/c1-16-22-13-19(24-16)21-20(17-7-3-2-4-8-17)23-15-26(21)12-11-25-10-6-5-9-18(25)14-27/h2-4,7-8,13,15,18,27H,5-6,9-12,14H2,1H3,(H,22,24)/t18-/m0/s1. The van der Waals surface area contributed by atoms with E-state index in [1.165, 1.54) is 12.8 Å². The molecular weight excluding hydrogens is 338 g/mol. The second kappa shape index (κ2) is 8.06. The Balaban J connectivity index is 1.63. The van der Waals surface area contributed by atoms with E-state index in [1.54, 1.807) is 0 Å². The Hall–Kier alpha value is -2.44. The number of nitrogens with zero attached hydrogens (tertiary/aromatic N) is 4. The summed E-state index contributed by atoms with van der Waals surface area (Å²) in [6, 6.07) is 10.6. The van der Waals surface area contributed by atoms with Crippen LogP contribution in [0.25, 0.3) is 22.6 Å². The number of imidazole rings is 2. The van der Waals surface area contributed by atoms with E-state index in [1.807, 2.05) is 37.6 Å². The lowest BCUT2D eigenvalue weighted by molar-refractivity contribution is 0.0872. The van der Waals surface area contributed by atoms with Crippen LogP contribution in [0.3, 0.4) is 0 Å². The highest BCUT2D eigenvalue weighted by Crippen LogP contribution is 2.30. The molecule has 1 saturated heterocycles. The number of aliphatic hydroxyl groups is 1. The second-order valence-corrected chi connectivity index (χ2v) is 7.25. The zero-order valence-electron chi connectivity index (χ0n) is 15.8. The van der Waals surface area contributed by atoms with Crippen molar-refractivity contribution in [2.45, 2.75) is 38.8 Å². The summed E-state index contributed by atoms with van der Waals surface area (Å²) >= 11 is 0. The Morgan fingerprint density at radius 2 is 2.00 bits per heavy atom. The van der Waals surface area contributed by atoms with Crippen molar-refractivity contribution in [1.29, 1.82) is 0 Å². The van der Waals surface area contributed by atoms with E-state index >= 15 is 0 Å².